The molecule has 0 aliphatic rings. The van der Waals surface area contributed by atoms with Crippen molar-refractivity contribution in [1.82, 2.24) is 0 Å². The van der Waals surface area contributed by atoms with Crippen LogP contribution in [0.1, 0.15) is 18.1 Å². The molecule has 0 radical (unpaired) electrons. The van der Waals surface area contributed by atoms with Crippen LogP contribution in [0.5, 0.6) is 0 Å². The van der Waals surface area contributed by atoms with Crippen LogP contribution in [0, 0.1) is 0 Å². The van der Waals surface area contributed by atoms with Crippen LogP contribution in [-0.4, -0.2) is 6.21 Å². The predicted octanol–water partition coefficient (Wildman–Crippen LogP) is 3.20. The van der Waals surface area contributed by atoms with Gasteiger partial charge >= 0.3 is 0 Å². The van der Waals surface area contributed by atoms with Gasteiger partial charge < -0.3 is 4.84 Å². The van der Waals surface area contributed by atoms with E-state index in [1.807, 2.05) is 48.8 Å². The predicted molar refractivity (Wildman–Crippen MR) is 76.1 cm³/mol. The number of halogens is 1. The molecule has 0 saturated carbocycles. The second-order valence-corrected chi connectivity index (χ2v) is 4.47. The Morgan fingerprint density at radius 1 is 1.21 bits per heavy atom. The minimum absolute atomic E-state index is 0.373. The van der Waals surface area contributed by atoms with Crippen LogP contribution in [0.15, 0.2) is 53.9 Å². The SMILES string of the molecule is CC[n+]1ccc(/C=N/OCc2ccccc2Cl)cc1. The van der Waals surface area contributed by atoms with Crippen molar-refractivity contribution in [3.63, 3.8) is 0 Å². The van der Waals surface area contributed by atoms with Crippen LogP contribution in [0.25, 0.3) is 0 Å². The van der Waals surface area contributed by atoms with Gasteiger partial charge in [0.2, 0.25) is 0 Å². The standard InChI is InChI=1S/C15H16ClN2O/c1-2-18-9-7-13(8-10-18)11-17-19-12-14-5-3-4-6-15(14)16/h3-11H,2,12H2,1H3/q+1/b17-11+. The molecule has 3 nitrogen and oxygen atoms in total. The highest BCUT2D eigenvalue weighted by molar-refractivity contribution is 6.31. The normalized spacial score (nSPS) is 10.8. The fourth-order valence-electron chi connectivity index (χ4n) is 1.59. The van der Waals surface area contributed by atoms with E-state index in [0.717, 1.165) is 17.7 Å². The van der Waals surface area contributed by atoms with Crippen molar-refractivity contribution >= 4 is 17.8 Å². The lowest BCUT2D eigenvalue weighted by Crippen LogP contribution is -2.30. The van der Waals surface area contributed by atoms with Crippen molar-refractivity contribution in [2.75, 3.05) is 0 Å². The van der Waals surface area contributed by atoms with E-state index < -0.39 is 0 Å². The zero-order valence-corrected chi connectivity index (χ0v) is 11.5. The molecular weight excluding hydrogens is 260 g/mol. The molecule has 1 aromatic heterocycles. The number of hydrogen-bond donors (Lipinski definition) is 0. The lowest BCUT2D eigenvalue weighted by Gasteiger charge is -2.01. The molecule has 1 heterocycles. The van der Waals surface area contributed by atoms with Gasteiger partial charge in [-0.25, -0.2) is 4.57 Å². The molecule has 0 atom stereocenters. The minimum atomic E-state index is 0.373. The summed E-state index contributed by atoms with van der Waals surface area (Å²) in [6.45, 7) is 3.43. The lowest BCUT2D eigenvalue weighted by molar-refractivity contribution is -0.693. The van der Waals surface area contributed by atoms with Crippen molar-refractivity contribution in [2.24, 2.45) is 5.16 Å². The maximum Gasteiger partial charge on any atom is 0.169 e. The van der Waals surface area contributed by atoms with E-state index in [2.05, 4.69) is 16.6 Å². The quantitative estimate of drug-likeness (QED) is 0.467. The van der Waals surface area contributed by atoms with Gasteiger partial charge in [-0.1, -0.05) is 35.0 Å². The van der Waals surface area contributed by atoms with Crippen LogP contribution in [-0.2, 0) is 18.0 Å². The van der Waals surface area contributed by atoms with Gasteiger partial charge in [0.25, 0.3) is 0 Å². The van der Waals surface area contributed by atoms with Crippen LogP contribution in [0.4, 0.5) is 0 Å². The van der Waals surface area contributed by atoms with E-state index in [1.54, 1.807) is 6.21 Å². The topological polar surface area (TPSA) is 25.5 Å². The summed E-state index contributed by atoms with van der Waals surface area (Å²) in [6, 6.07) is 11.6. The second-order valence-electron chi connectivity index (χ2n) is 4.06. The molecule has 0 bridgehead atoms. The molecule has 0 N–H and O–H groups in total. The largest absolute Gasteiger partial charge is 0.391 e. The zero-order chi connectivity index (χ0) is 13.5. The van der Waals surface area contributed by atoms with E-state index >= 15 is 0 Å². The van der Waals surface area contributed by atoms with E-state index in [9.17, 15) is 0 Å². The number of aryl methyl sites for hydroxylation is 1. The fraction of sp³-hybridized carbons (Fsp3) is 0.200. The van der Waals surface area contributed by atoms with Crippen molar-refractivity contribution in [2.45, 2.75) is 20.1 Å². The van der Waals surface area contributed by atoms with Gasteiger partial charge in [-0.2, -0.15) is 0 Å². The Bertz CT molecular complexity index is 552. The lowest BCUT2D eigenvalue weighted by atomic mass is 10.2. The van der Waals surface area contributed by atoms with E-state index in [0.29, 0.717) is 11.6 Å². The van der Waals surface area contributed by atoms with Crippen molar-refractivity contribution in [3.8, 4) is 0 Å². The maximum atomic E-state index is 6.02. The molecule has 0 amide bonds. The molecule has 2 aromatic rings. The van der Waals surface area contributed by atoms with Gasteiger partial charge in [0.1, 0.15) is 13.2 Å². The first-order valence-corrected chi connectivity index (χ1v) is 6.55. The number of aromatic nitrogens is 1. The summed E-state index contributed by atoms with van der Waals surface area (Å²) in [5.74, 6) is 0. The molecule has 0 aliphatic heterocycles. The fourth-order valence-corrected chi connectivity index (χ4v) is 1.78. The molecule has 19 heavy (non-hydrogen) atoms. The molecule has 1 aromatic carbocycles. The summed E-state index contributed by atoms with van der Waals surface area (Å²) in [7, 11) is 0. The zero-order valence-electron chi connectivity index (χ0n) is 10.8. The Labute approximate surface area is 118 Å². The summed E-state index contributed by atoms with van der Waals surface area (Å²) < 4.78 is 2.09. The van der Waals surface area contributed by atoms with Crippen LogP contribution < -0.4 is 4.57 Å². The summed E-state index contributed by atoms with van der Waals surface area (Å²) in [5, 5.41) is 4.64. The van der Waals surface area contributed by atoms with Crippen LogP contribution in [0.3, 0.4) is 0 Å². The van der Waals surface area contributed by atoms with E-state index in [1.165, 1.54) is 0 Å². The van der Waals surface area contributed by atoms with Gasteiger partial charge in [0, 0.05) is 28.3 Å². The molecule has 0 fully saturated rings. The van der Waals surface area contributed by atoms with Crippen molar-refractivity contribution in [3.05, 3.63) is 64.9 Å². The molecule has 0 spiro atoms. The highest BCUT2D eigenvalue weighted by Gasteiger charge is 1.98. The average Bonchev–Trinajstić information content (AvgIpc) is 2.46. The highest BCUT2D eigenvalue weighted by Crippen LogP contribution is 2.15. The third-order valence-corrected chi connectivity index (χ3v) is 3.11. The average molecular weight is 276 g/mol. The Morgan fingerprint density at radius 2 is 1.95 bits per heavy atom. The molecule has 2 rings (SSSR count). The Morgan fingerprint density at radius 3 is 2.63 bits per heavy atom. The van der Waals surface area contributed by atoms with E-state index in [4.69, 9.17) is 16.4 Å². The Balaban J connectivity index is 1.88. The molecule has 98 valence electrons. The van der Waals surface area contributed by atoms with Gasteiger partial charge in [-0.05, 0) is 13.0 Å². The minimum Gasteiger partial charge on any atom is -0.391 e. The van der Waals surface area contributed by atoms with Gasteiger partial charge in [0.05, 0.1) is 6.21 Å². The molecular formula is C15H16ClN2O+. The van der Waals surface area contributed by atoms with Gasteiger partial charge in [-0.3, -0.25) is 0 Å². The molecule has 4 heteroatoms. The van der Waals surface area contributed by atoms with Crippen LogP contribution >= 0.6 is 11.6 Å². The van der Waals surface area contributed by atoms with Crippen molar-refractivity contribution in [1.29, 1.82) is 0 Å². The van der Waals surface area contributed by atoms with Crippen LogP contribution in [0.2, 0.25) is 5.02 Å². The second kappa shape index (κ2) is 6.90. The summed E-state index contributed by atoms with van der Waals surface area (Å²) in [4.78, 5) is 5.24. The van der Waals surface area contributed by atoms with Crippen molar-refractivity contribution < 1.29 is 9.40 Å². The summed E-state index contributed by atoms with van der Waals surface area (Å²) in [5.41, 5.74) is 1.93. The van der Waals surface area contributed by atoms with Gasteiger partial charge in [-0.15, -0.1) is 0 Å². The number of pyridine rings is 1. The Hall–Kier alpha value is -1.87. The number of rotatable bonds is 5. The molecule has 0 aliphatic carbocycles. The first-order valence-electron chi connectivity index (χ1n) is 6.17. The first-order chi connectivity index (χ1) is 9.29. The maximum absolute atomic E-state index is 6.02. The summed E-state index contributed by atoms with van der Waals surface area (Å²) >= 11 is 6.02. The summed E-state index contributed by atoms with van der Waals surface area (Å²) in [6.07, 6.45) is 5.71. The third-order valence-electron chi connectivity index (χ3n) is 2.74. The Kier molecular flexibility index (Phi) is 4.93. The third kappa shape index (κ3) is 4.07. The first kappa shape index (κ1) is 13.6. The molecule has 0 unspecified atom stereocenters. The number of oxime groups is 1. The highest BCUT2D eigenvalue weighted by atomic mass is 35.5. The number of benzene rings is 1. The number of hydrogen-bond acceptors (Lipinski definition) is 2. The van der Waals surface area contributed by atoms with E-state index in [-0.39, 0.29) is 0 Å². The number of nitrogens with zero attached hydrogens (tertiary/aromatic N) is 2. The smallest absolute Gasteiger partial charge is 0.169 e. The molecule has 0 saturated heterocycles. The van der Waals surface area contributed by atoms with Gasteiger partial charge in [0.15, 0.2) is 12.4 Å². The monoisotopic (exact) mass is 275 g/mol.